The van der Waals surface area contributed by atoms with Crippen LogP contribution in [-0.2, 0) is 4.79 Å². The van der Waals surface area contributed by atoms with Gasteiger partial charge in [0.1, 0.15) is 10.6 Å². The van der Waals surface area contributed by atoms with Crippen molar-refractivity contribution in [2.75, 3.05) is 5.32 Å². The van der Waals surface area contributed by atoms with Crippen LogP contribution in [0.5, 0.6) is 0 Å². The van der Waals surface area contributed by atoms with Gasteiger partial charge in [0.25, 0.3) is 11.1 Å². The molecule has 1 N–H and O–H groups in total. The molecule has 126 valence electrons. The third-order valence-electron chi connectivity index (χ3n) is 3.03. The average molecular weight is 365 g/mol. The number of carbonyl (C=O) groups excluding carboxylic acids is 1. The zero-order chi connectivity index (χ0) is 17.3. The van der Waals surface area contributed by atoms with Crippen molar-refractivity contribution in [3.05, 3.63) is 22.5 Å². The summed E-state index contributed by atoms with van der Waals surface area (Å²) in [4.78, 5) is 17.3. The maximum absolute atomic E-state index is 12.1. The van der Waals surface area contributed by atoms with Crippen molar-refractivity contribution >= 4 is 34.8 Å². The van der Waals surface area contributed by atoms with Crippen LogP contribution in [0.1, 0.15) is 23.4 Å². The minimum Gasteiger partial charge on any atom is -0.410 e. The molecule has 0 radical (unpaired) electrons. The number of nitrogens with zero attached hydrogens (tertiary/aromatic N) is 4. The molecule has 0 spiro atoms. The zero-order valence-corrected chi connectivity index (χ0v) is 15.1. The number of carbonyl (C=O) groups is 1. The molecule has 3 heterocycles. The fourth-order valence-corrected chi connectivity index (χ4v) is 3.46. The Balaban J connectivity index is 1.65. The number of hydrogen-bond donors (Lipinski definition) is 1. The van der Waals surface area contributed by atoms with E-state index in [1.165, 1.54) is 23.1 Å². The van der Waals surface area contributed by atoms with Crippen LogP contribution in [0.3, 0.4) is 0 Å². The Morgan fingerprint density at radius 3 is 2.75 bits per heavy atom. The third-order valence-corrected chi connectivity index (χ3v) is 5.03. The minimum atomic E-state index is -0.431. The first-order valence-corrected chi connectivity index (χ1v) is 8.80. The molecule has 0 aromatic carbocycles. The maximum Gasteiger partial charge on any atom is 0.277 e. The van der Waals surface area contributed by atoms with E-state index in [4.69, 9.17) is 8.94 Å². The van der Waals surface area contributed by atoms with E-state index < -0.39 is 5.25 Å². The van der Waals surface area contributed by atoms with E-state index >= 15 is 0 Å². The first-order valence-electron chi connectivity index (χ1n) is 7.11. The number of amides is 1. The summed E-state index contributed by atoms with van der Waals surface area (Å²) in [7, 11) is 0. The molecule has 10 heteroatoms. The summed E-state index contributed by atoms with van der Waals surface area (Å²) in [6.07, 6.45) is 0. The summed E-state index contributed by atoms with van der Waals surface area (Å²) in [6.45, 7) is 7.32. The SMILES string of the molecule is Cc1cc(NC(=O)C(C)Sc2nnc(-c3sc(C)nc3C)o2)no1. The summed E-state index contributed by atoms with van der Waals surface area (Å²) >= 11 is 2.67. The lowest BCUT2D eigenvalue weighted by Gasteiger charge is -2.06. The predicted molar refractivity (Wildman–Crippen MR) is 90.1 cm³/mol. The van der Waals surface area contributed by atoms with Crippen LogP contribution >= 0.6 is 23.1 Å². The molecule has 0 aliphatic heterocycles. The van der Waals surface area contributed by atoms with E-state index in [1.807, 2.05) is 13.8 Å². The number of aromatic nitrogens is 4. The molecule has 1 atom stereocenters. The largest absolute Gasteiger partial charge is 0.410 e. The Kier molecular flexibility index (Phi) is 4.67. The normalized spacial score (nSPS) is 12.3. The molecule has 8 nitrogen and oxygen atoms in total. The zero-order valence-electron chi connectivity index (χ0n) is 13.5. The highest BCUT2D eigenvalue weighted by Crippen LogP contribution is 2.31. The van der Waals surface area contributed by atoms with E-state index in [-0.39, 0.29) is 5.91 Å². The monoisotopic (exact) mass is 365 g/mol. The summed E-state index contributed by atoms with van der Waals surface area (Å²) in [5, 5.41) is 15.3. The van der Waals surface area contributed by atoms with Crippen molar-refractivity contribution in [1.82, 2.24) is 20.3 Å². The van der Waals surface area contributed by atoms with Crippen molar-refractivity contribution < 1.29 is 13.7 Å². The van der Waals surface area contributed by atoms with Crippen LogP contribution in [0.15, 0.2) is 20.2 Å². The molecule has 1 amide bonds. The quantitative estimate of drug-likeness (QED) is 0.687. The van der Waals surface area contributed by atoms with Gasteiger partial charge in [0.2, 0.25) is 5.91 Å². The molecular weight excluding hydrogens is 350 g/mol. The van der Waals surface area contributed by atoms with Crippen LogP contribution < -0.4 is 5.32 Å². The molecule has 0 aliphatic carbocycles. The topological polar surface area (TPSA) is 107 Å². The van der Waals surface area contributed by atoms with Gasteiger partial charge >= 0.3 is 0 Å². The molecule has 0 saturated heterocycles. The molecule has 3 rings (SSSR count). The highest BCUT2D eigenvalue weighted by molar-refractivity contribution is 8.00. The Morgan fingerprint density at radius 1 is 1.33 bits per heavy atom. The van der Waals surface area contributed by atoms with Gasteiger partial charge in [-0.1, -0.05) is 16.9 Å². The molecule has 0 aliphatic rings. The number of aryl methyl sites for hydroxylation is 3. The van der Waals surface area contributed by atoms with Crippen molar-refractivity contribution in [1.29, 1.82) is 0 Å². The highest BCUT2D eigenvalue weighted by atomic mass is 32.2. The van der Waals surface area contributed by atoms with Crippen LogP contribution in [-0.4, -0.2) is 31.5 Å². The van der Waals surface area contributed by atoms with Crippen LogP contribution in [0, 0.1) is 20.8 Å². The Bertz CT molecular complexity index is 870. The molecule has 1 unspecified atom stereocenters. The Labute approximate surface area is 146 Å². The second-order valence-corrected chi connectivity index (χ2v) is 7.59. The highest BCUT2D eigenvalue weighted by Gasteiger charge is 2.21. The fourth-order valence-electron chi connectivity index (χ4n) is 1.94. The average Bonchev–Trinajstić information content (AvgIpc) is 3.20. The summed E-state index contributed by atoms with van der Waals surface area (Å²) in [5.41, 5.74) is 0.852. The second kappa shape index (κ2) is 6.73. The number of anilines is 1. The number of thioether (sulfide) groups is 1. The van der Waals surface area contributed by atoms with Gasteiger partial charge in [0.15, 0.2) is 5.82 Å². The molecule has 0 saturated carbocycles. The van der Waals surface area contributed by atoms with Crippen molar-refractivity contribution in [3.8, 4) is 10.8 Å². The van der Waals surface area contributed by atoms with E-state index in [0.29, 0.717) is 22.7 Å². The lowest BCUT2D eigenvalue weighted by atomic mass is 10.4. The summed E-state index contributed by atoms with van der Waals surface area (Å²) in [6, 6.07) is 1.65. The molecule has 24 heavy (non-hydrogen) atoms. The van der Waals surface area contributed by atoms with Crippen LogP contribution in [0.2, 0.25) is 0 Å². The lowest BCUT2D eigenvalue weighted by molar-refractivity contribution is -0.115. The standard InChI is InChI=1S/C14H15N5O3S2/c1-6-5-10(19-22-6)16-12(20)8(3)23-14-18-17-13(21-14)11-7(2)15-9(4)24-11/h5,8H,1-4H3,(H,16,19,20). The first-order chi connectivity index (χ1) is 11.4. The number of nitrogens with one attached hydrogen (secondary N) is 1. The smallest absolute Gasteiger partial charge is 0.277 e. The first kappa shape index (κ1) is 16.7. The Hall–Kier alpha value is -2.20. The van der Waals surface area contributed by atoms with Crippen molar-refractivity contribution in [3.63, 3.8) is 0 Å². The maximum atomic E-state index is 12.1. The van der Waals surface area contributed by atoms with Gasteiger partial charge in [-0.05, 0) is 27.7 Å². The van der Waals surface area contributed by atoms with E-state index in [0.717, 1.165) is 15.6 Å². The van der Waals surface area contributed by atoms with Crippen LogP contribution in [0.25, 0.3) is 10.8 Å². The van der Waals surface area contributed by atoms with E-state index in [2.05, 4.69) is 25.7 Å². The molecule has 0 bridgehead atoms. The fraction of sp³-hybridized carbons (Fsp3) is 0.357. The van der Waals surface area contributed by atoms with Gasteiger partial charge < -0.3 is 14.3 Å². The van der Waals surface area contributed by atoms with Gasteiger partial charge in [-0.25, -0.2) is 4.98 Å². The molecular formula is C14H15N5O3S2. The van der Waals surface area contributed by atoms with Crippen molar-refractivity contribution in [2.45, 2.75) is 38.2 Å². The van der Waals surface area contributed by atoms with Gasteiger partial charge in [-0.3, -0.25) is 4.79 Å². The predicted octanol–water partition coefficient (Wildman–Crippen LogP) is 3.23. The van der Waals surface area contributed by atoms with Crippen LogP contribution in [0.4, 0.5) is 5.82 Å². The minimum absolute atomic E-state index is 0.224. The summed E-state index contributed by atoms with van der Waals surface area (Å²) in [5.74, 6) is 1.20. The molecule has 3 aromatic rings. The molecule has 3 aromatic heterocycles. The third kappa shape index (κ3) is 3.65. The van der Waals surface area contributed by atoms with Gasteiger partial charge in [0, 0.05) is 6.07 Å². The number of thiazole rings is 1. The lowest BCUT2D eigenvalue weighted by Crippen LogP contribution is -2.22. The Morgan fingerprint density at radius 2 is 2.12 bits per heavy atom. The number of hydrogen-bond acceptors (Lipinski definition) is 9. The van der Waals surface area contributed by atoms with E-state index in [9.17, 15) is 4.79 Å². The summed E-state index contributed by atoms with van der Waals surface area (Å²) < 4.78 is 10.5. The second-order valence-electron chi connectivity index (χ2n) is 5.09. The van der Waals surface area contributed by atoms with Gasteiger partial charge in [-0.15, -0.1) is 21.5 Å². The van der Waals surface area contributed by atoms with Gasteiger partial charge in [-0.2, -0.15) is 0 Å². The van der Waals surface area contributed by atoms with E-state index in [1.54, 1.807) is 19.9 Å². The van der Waals surface area contributed by atoms with Gasteiger partial charge in [0.05, 0.1) is 16.0 Å². The van der Waals surface area contributed by atoms with Crippen molar-refractivity contribution in [2.24, 2.45) is 0 Å². The number of rotatable bonds is 5. The molecule has 0 fully saturated rings.